The first kappa shape index (κ1) is 9.20. The molecule has 2 nitrogen and oxygen atoms in total. The maximum atomic E-state index is 11.1. The van der Waals surface area contributed by atoms with E-state index in [1.807, 2.05) is 6.92 Å². The van der Waals surface area contributed by atoms with Crippen LogP contribution in [0.4, 0.5) is 0 Å². The topological polar surface area (TPSA) is 30.0 Å². The van der Waals surface area contributed by atoms with Crippen molar-refractivity contribution in [2.75, 3.05) is 0 Å². The summed E-state index contributed by atoms with van der Waals surface area (Å²) in [5.41, 5.74) is 0.860. The van der Waals surface area contributed by atoms with Crippen LogP contribution in [0.5, 0.6) is 0 Å². The van der Waals surface area contributed by atoms with E-state index in [4.69, 9.17) is 11.6 Å². The van der Waals surface area contributed by atoms with Gasteiger partial charge in [0.15, 0.2) is 0 Å². The molecule has 0 aromatic carbocycles. The Morgan fingerprint density at radius 2 is 2.42 bits per heavy atom. The van der Waals surface area contributed by atoms with Gasteiger partial charge in [-0.15, -0.1) is 0 Å². The summed E-state index contributed by atoms with van der Waals surface area (Å²) in [6.45, 7) is 1.84. The van der Waals surface area contributed by atoms with Crippen LogP contribution in [0.1, 0.15) is 18.9 Å². The summed E-state index contributed by atoms with van der Waals surface area (Å²) in [5, 5.41) is 0.569. The Morgan fingerprint density at radius 1 is 1.67 bits per heavy atom. The number of carbonyl (C=O) groups is 1. The van der Waals surface area contributed by atoms with Crippen molar-refractivity contribution in [3.63, 3.8) is 0 Å². The molecule has 0 saturated heterocycles. The molecule has 3 heteroatoms. The Hall–Kier alpha value is -0.890. The van der Waals surface area contributed by atoms with Gasteiger partial charge in [0.25, 0.3) is 0 Å². The minimum absolute atomic E-state index is 0.197. The molecule has 0 atom stereocenters. The number of aromatic nitrogens is 1. The van der Waals surface area contributed by atoms with Gasteiger partial charge in [0.1, 0.15) is 5.78 Å². The minimum atomic E-state index is 0.197. The molecule has 0 bridgehead atoms. The zero-order valence-electron chi connectivity index (χ0n) is 6.88. The molecule has 1 heterocycles. The number of hydrogen-bond donors (Lipinski definition) is 0. The van der Waals surface area contributed by atoms with E-state index in [0.717, 1.165) is 5.56 Å². The van der Waals surface area contributed by atoms with E-state index in [9.17, 15) is 4.79 Å². The Bertz CT molecular complexity index is 286. The van der Waals surface area contributed by atoms with Crippen molar-refractivity contribution in [3.05, 3.63) is 29.0 Å². The average Bonchev–Trinajstić information content (AvgIpc) is 2.09. The number of Topliss-reactive ketones (excluding diaryl/α,β-unsaturated/α-hetero) is 1. The Labute approximate surface area is 76.6 Å². The summed E-state index contributed by atoms with van der Waals surface area (Å²) < 4.78 is 0. The van der Waals surface area contributed by atoms with Crippen LogP contribution >= 0.6 is 11.6 Å². The van der Waals surface area contributed by atoms with Crippen LogP contribution < -0.4 is 0 Å². The molecule has 0 unspecified atom stereocenters. The molecule has 0 amide bonds. The van der Waals surface area contributed by atoms with Crippen molar-refractivity contribution in [3.8, 4) is 0 Å². The second-order valence-electron chi connectivity index (χ2n) is 2.54. The quantitative estimate of drug-likeness (QED) is 0.720. The van der Waals surface area contributed by atoms with Crippen LogP contribution in [0.3, 0.4) is 0 Å². The summed E-state index contributed by atoms with van der Waals surface area (Å²) in [6.07, 6.45) is 4.17. The maximum Gasteiger partial charge on any atom is 0.137 e. The lowest BCUT2D eigenvalue weighted by atomic mass is 10.1. The van der Waals surface area contributed by atoms with Gasteiger partial charge in [-0.05, 0) is 11.6 Å². The van der Waals surface area contributed by atoms with Crippen molar-refractivity contribution >= 4 is 17.4 Å². The van der Waals surface area contributed by atoms with Crippen molar-refractivity contribution in [1.82, 2.24) is 4.98 Å². The van der Waals surface area contributed by atoms with Gasteiger partial charge in [-0.3, -0.25) is 9.78 Å². The predicted molar refractivity (Wildman–Crippen MR) is 48.2 cm³/mol. The molecule has 1 rings (SSSR count). The van der Waals surface area contributed by atoms with E-state index in [-0.39, 0.29) is 5.78 Å². The smallest absolute Gasteiger partial charge is 0.137 e. The van der Waals surface area contributed by atoms with Gasteiger partial charge in [-0.25, -0.2) is 0 Å². The lowest BCUT2D eigenvalue weighted by Gasteiger charge is -1.99. The van der Waals surface area contributed by atoms with E-state index >= 15 is 0 Å². The van der Waals surface area contributed by atoms with Gasteiger partial charge in [0.05, 0.1) is 5.02 Å². The molecular weight excluding hydrogens is 174 g/mol. The fraction of sp³-hybridized carbons (Fsp3) is 0.333. The molecule has 0 N–H and O–H groups in total. The first-order valence-electron chi connectivity index (χ1n) is 3.84. The summed E-state index contributed by atoms with van der Waals surface area (Å²) in [5.74, 6) is 0.197. The zero-order chi connectivity index (χ0) is 8.97. The highest BCUT2D eigenvalue weighted by Crippen LogP contribution is 2.14. The molecule has 0 fully saturated rings. The Balaban J connectivity index is 2.75. The molecule has 0 saturated carbocycles. The van der Waals surface area contributed by atoms with E-state index in [1.165, 1.54) is 0 Å². The lowest BCUT2D eigenvalue weighted by molar-refractivity contribution is -0.118. The SMILES string of the molecule is CCC(=O)Cc1ccncc1Cl. The molecule has 64 valence electrons. The van der Waals surface area contributed by atoms with E-state index in [1.54, 1.807) is 18.5 Å². The van der Waals surface area contributed by atoms with Crippen molar-refractivity contribution < 1.29 is 4.79 Å². The van der Waals surface area contributed by atoms with E-state index in [2.05, 4.69) is 4.98 Å². The number of halogens is 1. The van der Waals surface area contributed by atoms with Gasteiger partial charge < -0.3 is 0 Å². The Morgan fingerprint density at radius 3 is 3.00 bits per heavy atom. The van der Waals surface area contributed by atoms with Crippen molar-refractivity contribution in [2.24, 2.45) is 0 Å². The summed E-state index contributed by atoms with van der Waals surface area (Å²) in [7, 11) is 0. The highest BCUT2D eigenvalue weighted by Gasteiger charge is 2.03. The summed E-state index contributed by atoms with van der Waals surface area (Å²) in [4.78, 5) is 14.9. The van der Waals surface area contributed by atoms with Gasteiger partial charge in [0, 0.05) is 25.2 Å². The first-order chi connectivity index (χ1) is 5.74. The predicted octanol–water partition coefficient (Wildman–Crippen LogP) is 2.26. The van der Waals surface area contributed by atoms with E-state index < -0.39 is 0 Å². The third-order valence-corrected chi connectivity index (χ3v) is 1.98. The van der Waals surface area contributed by atoms with Crippen LogP contribution in [-0.2, 0) is 11.2 Å². The summed E-state index contributed by atoms with van der Waals surface area (Å²) in [6, 6.07) is 1.77. The molecule has 12 heavy (non-hydrogen) atoms. The molecular formula is C9H10ClNO. The third-order valence-electron chi connectivity index (χ3n) is 1.64. The number of rotatable bonds is 3. The number of pyridine rings is 1. The molecule has 0 aliphatic heterocycles. The van der Waals surface area contributed by atoms with E-state index in [0.29, 0.717) is 17.9 Å². The molecule has 0 spiro atoms. The minimum Gasteiger partial charge on any atom is -0.299 e. The van der Waals surface area contributed by atoms with Gasteiger partial charge in [-0.1, -0.05) is 18.5 Å². The van der Waals surface area contributed by atoms with Crippen molar-refractivity contribution in [1.29, 1.82) is 0 Å². The molecule has 1 aromatic heterocycles. The standard InChI is InChI=1S/C9H10ClNO/c1-2-8(12)5-7-3-4-11-6-9(7)10/h3-4,6H,2,5H2,1H3. The average molecular weight is 184 g/mol. The molecule has 0 aliphatic carbocycles. The third kappa shape index (κ3) is 2.31. The largest absolute Gasteiger partial charge is 0.299 e. The molecule has 0 aliphatic rings. The van der Waals surface area contributed by atoms with Crippen molar-refractivity contribution in [2.45, 2.75) is 19.8 Å². The van der Waals surface area contributed by atoms with Crippen LogP contribution in [-0.4, -0.2) is 10.8 Å². The molecule has 0 radical (unpaired) electrons. The number of ketones is 1. The normalized spacial score (nSPS) is 9.83. The highest BCUT2D eigenvalue weighted by molar-refractivity contribution is 6.31. The lowest BCUT2D eigenvalue weighted by Crippen LogP contribution is -2.00. The molecule has 1 aromatic rings. The van der Waals surface area contributed by atoms with Crippen LogP contribution in [0.25, 0.3) is 0 Å². The van der Waals surface area contributed by atoms with Gasteiger partial charge in [0.2, 0.25) is 0 Å². The fourth-order valence-corrected chi connectivity index (χ4v) is 1.07. The second kappa shape index (κ2) is 4.21. The van der Waals surface area contributed by atoms with Gasteiger partial charge in [-0.2, -0.15) is 0 Å². The maximum absolute atomic E-state index is 11.1. The van der Waals surface area contributed by atoms with Crippen LogP contribution in [0, 0.1) is 0 Å². The zero-order valence-corrected chi connectivity index (χ0v) is 7.64. The number of carbonyl (C=O) groups excluding carboxylic acids is 1. The second-order valence-corrected chi connectivity index (χ2v) is 2.94. The van der Waals surface area contributed by atoms with Crippen LogP contribution in [0.2, 0.25) is 5.02 Å². The van der Waals surface area contributed by atoms with Gasteiger partial charge >= 0.3 is 0 Å². The number of hydrogen-bond acceptors (Lipinski definition) is 2. The summed E-state index contributed by atoms with van der Waals surface area (Å²) >= 11 is 5.81. The van der Waals surface area contributed by atoms with Crippen LogP contribution in [0.15, 0.2) is 18.5 Å². The first-order valence-corrected chi connectivity index (χ1v) is 4.22. The fourth-order valence-electron chi connectivity index (χ4n) is 0.885. The monoisotopic (exact) mass is 183 g/mol. The number of nitrogens with zero attached hydrogens (tertiary/aromatic N) is 1. The highest BCUT2D eigenvalue weighted by atomic mass is 35.5. The Kier molecular flexibility index (Phi) is 3.23.